The first-order chi connectivity index (χ1) is 6.70. The highest BCUT2D eigenvalue weighted by Crippen LogP contribution is 1.95. The number of morpholine rings is 1. The van der Waals surface area contributed by atoms with E-state index in [9.17, 15) is 4.79 Å². The molecule has 82 valence electrons. The summed E-state index contributed by atoms with van der Waals surface area (Å²) in [6.07, 6.45) is 0. The number of nitrogens with one attached hydrogen (secondary N) is 1. The van der Waals surface area contributed by atoms with Crippen molar-refractivity contribution < 1.29 is 9.53 Å². The number of hydrogen-bond donors (Lipinski definition) is 1. The first-order valence-corrected chi connectivity index (χ1v) is 5.35. The maximum absolute atomic E-state index is 11.1. The van der Waals surface area contributed by atoms with Crippen molar-refractivity contribution in [3.05, 3.63) is 0 Å². The van der Waals surface area contributed by atoms with Crippen LogP contribution in [0.5, 0.6) is 0 Å². The van der Waals surface area contributed by atoms with Crippen molar-refractivity contribution in [2.24, 2.45) is 0 Å². The maximum atomic E-state index is 11.1. The minimum Gasteiger partial charge on any atom is -0.379 e. The Hall–Kier alpha value is -0.320. The first-order valence-electron chi connectivity index (χ1n) is 4.92. The third-order valence-corrected chi connectivity index (χ3v) is 2.39. The van der Waals surface area contributed by atoms with E-state index in [1.807, 2.05) is 0 Å². The zero-order chi connectivity index (χ0) is 10.4. The number of nitrogens with zero attached hydrogens (tertiary/aromatic N) is 1. The number of ether oxygens (including phenoxy) is 1. The number of hydrogen-bond acceptors (Lipinski definition) is 3. The van der Waals surface area contributed by atoms with Crippen LogP contribution < -0.4 is 5.32 Å². The Balaban J connectivity index is 2.05. The molecule has 0 aliphatic carbocycles. The fourth-order valence-corrected chi connectivity index (χ4v) is 1.38. The molecule has 0 aromatic heterocycles. The Morgan fingerprint density at radius 1 is 1.57 bits per heavy atom. The molecule has 5 heteroatoms. The first kappa shape index (κ1) is 11.8. The fourth-order valence-electron chi connectivity index (χ4n) is 1.30. The molecule has 0 aromatic rings. The van der Waals surface area contributed by atoms with Gasteiger partial charge in [0.15, 0.2) is 0 Å². The molecule has 1 saturated heterocycles. The molecule has 1 N–H and O–H groups in total. The summed E-state index contributed by atoms with van der Waals surface area (Å²) in [6, 6.07) is 0. The summed E-state index contributed by atoms with van der Waals surface area (Å²) < 4.78 is 5.22. The van der Waals surface area contributed by atoms with Crippen LogP contribution >= 0.6 is 11.6 Å². The molecule has 0 bridgehead atoms. The second-order valence-corrected chi connectivity index (χ2v) is 4.02. The number of amides is 1. The lowest BCUT2D eigenvalue weighted by molar-refractivity contribution is -0.120. The van der Waals surface area contributed by atoms with E-state index in [0.717, 1.165) is 32.8 Å². The quantitative estimate of drug-likeness (QED) is 0.682. The van der Waals surface area contributed by atoms with E-state index < -0.39 is 5.38 Å². The molecule has 1 heterocycles. The van der Waals surface area contributed by atoms with Gasteiger partial charge in [0.1, 0.15) is 5.38 Å². The molecule has 0 radical (unpaired) electrons. The van der Waals surface area contributed by atoms with Crippen LogP contribution in [0.15, 0.2) is 0 Å². The minimum atomic E-state index is -0.445. The van der Waals surface area contributed by atoms with Gasteiger partial charge in [-0.2, -0.15) is 0 Å². The SMILES string of the molecule is C[C@@H](Cl)C(=O)NCCN1CCOCC1. The van der Waals surface area contributed by atoms with Gasteiger partial charge in [-0.15, -0.1) is 11.6 Å². The van der Waals surface area contributed by atoms with Crippen LogP contribution in [0.25, 0.3) is 0 Å². The molecule has 1 aliphatic rings. The average Bonchev–Trinajstić information content (AvgIpc) is 2.19. The molecule has 4 nitrogen and oxygen atoms in total. The lowest BCUT2D eigenvalue weighted by atomic mass is 10.4. The van der Waals surface area contributed by atoms with Crippen molar-refractivity contribution in [2.75, 3.05) is 39.4 Å². The van der Waals surface area contributed by atoms with Crippen LogP contribution in [0.3, 0.4) is 0 Å². The lowest BCUT2D eigenvalue weighted by Crippen LogP contribution is -2.42. The summed E-state index contributed by atoms with van der Waals surface area (Å²) in [4.78, 5) is 13.4. The summed E-state index contributed by atoms with van der Waals surface area (Å²) in [5.41, 5.74) is 0. The van der Waals surface area contributed by atoms with E-state index in [1.54, 1.807) is 6.92 Å². The molecule has 14 heavy (non-hydrogen) atoms. The van der Waals surface area contributed by atoms with Crippen molar-refractivity contribution in [1.82, 2.24) is 10.2 Å². The molecule has 1 rings (SSSR count). The normalized spacial score (nSPS) is 20.4. The van der Waals surface area contributed by atoms with E-state index in [2.05, 4.69) is 10.2 Å². The van der Waals surface area contributed by atoms with E-state index in [4.69, 9.17) is 16.3 Å². The molecule has 0 aromatic carbocycles. The standard InChI is InChI=1S/C9H17ClN2O2/c1-8(10)9(13)11-2-3-12-4-6-14-7-5-12/h8H,2-7H2,1H3,(H,11,13)/t8-/m1/s1. The Morgan fingerprint density at radius 3 is 2.79 bits per heavy atom. The van der Waals surface area contributed by atoms with E-state index in [0.29, 0.717) is 6.54 Å². The van der Waals surface area contributed by atoms with Gasteiger partial charge in [0, 0.05) is 26.2 Å². The summed E-state index contributed by atoms with van der Waals surface area (Å²) >= 11 is 5.60. The molecule has 1 aliphatic heterocycles. The number of halogens is 1. The highest BCUT2D eigenvalue weighted by molar-refractivity contribution is 6.30. The van der Waals surface area contributed by atoms with Gasteiger partial charge < -0.3 is 10.1 Å². The Bertz CT molecular complexity index is 182. The molecule has 0 saturated carbocycles. The van der Waals surface area contributed by atoms with Crippen LogP contribution in [0.2, 0.25) is 0 Å². The van der Waals surface area contributed by atoms with Gasteiger partial charge in [-0.1, -0.05) is 0 Å². The van der Waals surface area contributed by atoms with E-state index >= 15 is 0 Å². The van der Waals surface area contributed by atoms with Crippen molar-refractivity contribution in [2.45, 2.75) is 12.3 Å². The predicted octanol–water partition coefficient (Wildman–Crippen LogP) is 0.0621. The van der Waals surface area contributed by atoms with Crippen molar-refractivity contribution in [3.8, 4) is 0 Å². The predicted molar refractivity (Wildman–Crippen MR) is 55.6 cm³/mol. The number of alkyl halides is 1. The summed E-state index contributed by atoms with van der Waals surface area (Å²) in [5.74, 6) is -0.0973. The number of carbonyl (C=O) groups excluding carboxylic acids is 1. The summed E-state index contributed by atoms with van der Waals surface area (Å²) in [6.45, 7) is 6.69. The average molecular weight is 221 g/mol. The highest BCUT2D eigenvalue weighted by atomic mass is 35.5. The molecule has 0 spiro atoms. The molecule has 1 amide bonds. The van der Waals surface area contributed by atoms with Crippen LogP contribution in [0, 0.1) is 0 Å². The van der Waals surface area contributed by atoms with E-state index in [-0.39, 0.29) is 5.91 Å². The molecule has 1 atom stereocenters. The topological polar surface area (TPSA) is 41.6 Å². The van der Waals surface area contributed by atoms with Gasteiger partial charge in [0.05, 0.1) is 13.2 Å². The summed E-state index contributed by atoms with van der Waals surface area (Å²) in [7, 11) is 0. The Kier molecular flexibility index (Phi) is 5.22. The van der Waals surface area contributed by atoms with Gasteiger partial charge in [0.2, 0.25) is 5.91 Å². The monoisotopic (exact) mass is 220 g/mol. The second-order valence-electron chi connectivity index (χ2n) is 3.36. The zero-order valence-electron chi connectivity index (χ0n) is 8.46. The maximum Gasteiger partial charge on any atom is 0.237 e. The molecule has 0 unspecified atom stereocenters. The number of rotatable bonds is 4. The molecular weight excluding hydrogens is 204 g/mol. The summed E-state index contributed by atoms with van der Waals surface area (Å²) in [5, 5.41) is 2.33. The van der Waals surface area contributed by atoms with Gasteiger partial charge in [-0.05, 0) is 6.92 Å². The van der Waals surface area contributed by atoms with Crippen LogP contribution in [0.1, 0.15) is 6.92 Å². The van der Waals surface area contributed by atoms with E-state index in [1.165, 1.54) is 0 Å². The van der Waals surface area contributed by atoms with Crippen LogP contribution in [0.4, 0.5) is 0 Å². The second kappa shape index (κ2) is 6.22. The Morgan fingerprint density at radius 2 is 2.21 bits per heavy atom. The minimum absolute atomic E-state index is 0.0973. The Labute approximate surface area is 89.5 Å². The van der Waals surface area contributed by atoms with Gasteiger partial charge in [-0.3, -0.25) is 9.69 Å². The van der Waals surface area contributed by atoms with Crippen LogP contribution in [-0.4, -0.2) is 55.6 Å². The third-order valence-electron chi connectivity index (χ3n) is 2.19. The highest BCUT2D eigenvalue weighted by Gasteiger charge is 2.11. The van der Waals surface area contributed by atoms with Gasteiger partial charge in [-0.25, -0.2) is 0 Å². The largest absolute Gasteiger partial charge is 0.379 e. The van der Waals surface area contributed by atoms with Gasteiger partial charge in [0.25, 0.3) is 0 Å². The van der Waals surface area contributed by atoms with Crippen molar-refractivity contribution in [1.29, 1.82) is 0 Å². The van der Waals surface area contributed by atoms with Crippen molar-refractivity contribution >= 4 is 17.5 Å². The van der Waals surface area contributed by atoms with Crippen LogP contribution in [-0.2, 0) is 9.53 Å². The zero-order valence-corrected chi connectivity index (χ0v) is 9.22. The van der Waals surface area contributed by atoms with Crippen molar-refractivity contribution in [3.63, 3.8) is 0 Å². The smallest absolute Gasteiger partial charge is 0.237 e. The molecular formula is C9H17ClN2O2. The van der Waals surface area contributed by atoms with Gasteiger partial charge >= 0.3 is 0 Å². The third kappa shape index (κ3) is 4.26. The molecule has 1 fully saturated rings. The number of carbonyl (C=O) groups is 1. The fraction of sp³-hybridized carbons (Fsp3) is 0.889. The lowest BCUT2D eigenvalue weighted by Gasteiger charge is -2.26.